The third-order valence-electron chi connectivity index (χ3n) is 4.01. The number of fused-ring (bicyclic) bond motifs is 1. The largest absolute Gasteiger partial charge is 0.381 e. The minimum absolute atomic E-state index is 0.156. The average Bonchev–Trinajstić information content (AvgIpc) is 2.54. The molecular formula is C15H18FN3OS. The van der Waals surface area contributed by atoms with E-state index in [9.17, 15) is 4.39 Å². The summed E-state index contributed by atoms with van der Waals surface area (Å²) in [7, 11) is 0. The van der Waals surface area contributed by atoms with Crippen molar-refractivity contribution >= 4 is 28.5 Å². The van der Waals surface area contributed by atoms with Gasteiger partial charge in [-0.25, -0.2) is 14.4 Å². The van der Waals surface area contributed by atoms with E-state index in [-0.39, 0.29) is 10.6 Å². The lowest BCUT2D eigenvalue weighted by molar-refractivity contribution is 0.0802. The number of aromatic nitrogens is 2. The van der Waals surface area contributed by atoms with Crippen molar-refractivity contribution in [3.8, 4) is 0 Å². The molecule has 0 bridgehead atoms. The first-order valence-electron chi connectivity index (χ1n) is 6.99. The zero-order valence-corrected chi connectivity index (χ0v) is 12.8. The molecule has 0 unspecified atom stereocenters. The predicted molar refractivity (Wildman–Crippen MR) is 84.3 cm³/mol. The molecule has 3 rings (SSSR count). The molecule has 1 aromatic heterocycles. The Morgan fingerprint density at radius 1 is 1.33 bits per heavy atom. The number of nitrogens with one attached hydrogen (secondary N) is 1. The summed E-state index contributed by atoms with van der Waals surface area (Å²) < 4.78 is 19.1. The average molecular weight is 307 g/mol. The molecule has 0 saturated carbocycles. The van der Waals surface area contributed by atoms with Crippen LogP contribution >= 0.6 is 11.8 Å². The summed E-state index contributed by atoms with van der Waals surface area (Å²) in [5.74, 6) is 0.422. The fraction of sp³-hybridized carbons (Fsp3) is 0.467. The van der Waals surface area contributed by atoms with Crippen LogP contribution in [-0.2, 0) is 4.74 Å². The Hall–Kier alpha value is -1.40. The van der Waals surface area contributed by atoms with E-state index in [4.69, 9.17) is 4.74 Å². The third-order valence-corrected chi connectivity index (χ3v) is 5.43. The van der Waals surface area contributed by atoms with Crippen LogP contribution in [0.5, 0.6) is 0 Å². The highest BCUT2D eigenvalue weighted by Gasteiger charge is 2.31. The highest BCUT2D eigenvalue weighted by molar-refractivity contribution is 8.00. The van der Waals surface area contributed by atoms with Crippen molar-refractivity contribution in [1.82, 2.24) is 9.97 Å². The molecule has 4 nitrogen and oxygen atoms in total. The zero-order chi connectivity index (χ0) is 14.7. The van der Waals surface area contributed by atoms with Crippen molar-refractivity contribution < 1.29 is 9.13 Å². The quantitative estimate of drug-likeness (QED) is 0.940. The van der Waals surface area contributed by atoms with Gasteiger partial charge in [0.2, 0.25) is 0 Å². The number of halogens is 1. The van der Waals surface area contributed by atoms with E-state index in [2.05, 4.69) is 21.5 Å². The van der Waals surface area contributed by atoms with Gasteiger partial charge in [-0.2, -0.15) is 11.8 Å². The van der Waals surface area contributed by atoms with Crippen molar-refractivity contribution in [2.45, 2.75) is 17.6 Å². The molecule has 0 amide bonds. The molecule has 112 valence electrons. The Bertz CT molecular complexity index is 631. The fourth-order valence-corrected chi connectivity index (χ4v) is 3.40. The second-order valence-electron chi connectivity index (χ2n) is 5.24. The summed E-state index contributed by atoms with van der Waals surface area (Å²) in [5, 5.41) is 4.11. The van der Waals surface area contributed by atoms with Crippen LogP contribution in [0.15, 0.2) is 24.5 Å². The predicted octanol–water partition coefficient (Wildman–Crippen LogP) is 3.09. The highest BCUT2D eigenvalue weighted by Crippen LogP contribution is 2.34. The molecule has 2 heterocycles. The second-order valence-corrected chi connectivity index (χ2v) is 6.51. The maximum atomic E-state index is 13.4. The first-order valence-corrected chi connectivity index (χ1v) is 8.22. The number of benzene rings is 1. The molecule has 6 heteroatoms. The van der Waals surface area contributed by atoms with Gasteiger partial charge < -0.3 is 10.1 Å². The van der Waals surface area contributed by atoms with Crippen molar-refractivity contribution in [3.05, 3.63) is 30.3 Å². The number of nitrogens with zero attached hydrogens (tertiary/aromatic N) is 2. The van der Waals surface area contributed by atoms with Crippen molar-refractivity contribution in [2.24, 2.45) is 0 Å². The highest BCUT2D eigenvalue weighted by atomic mass is 32.2. The number of anilines is 1. The molecule has 0 radical (unpaired) electrons. The van der Waals surface area contributed by atoms with E-state index in [0.29, 0.717) is 5.82 Å². The van der Waals surface area contributed by atoms with E-state index in [1.165, 1.54) is 18.5 Å². The number of thioether (sulfide) groups is 1. The maximum Gasteiger partial charge on any atom is 0.137 e. The maximum absolute atomic E-state index is 13.4. The molecule has 2 aromatic rings. The van der Waals surface area contributed by atoms with E-state index in [1.807, 2.05) is 11.8 Å². The van der Waals surface area contributed by atoms with Crippen LogP contribution in [0.3, 0.4) is 0 Å². The van der Waals surface area contributed by atoms with E-state index >= 15 is 0 Å². The Labute approximate surface area is 127 Å². The third kappa shape index (κ3) is 3.11. The molecule has 1 aliphatic heterocycles. The van der Waals surface area contributed by atoms with Gasteiger partial charge in [0.15, 0.2) is 0 Å². The molecular weight excluding hydrogens is 289 g/mol. The van der Waals surface area contributed by atoms with Crippen LogP contribution < -0.4 is 5.32 Å². The summed E-state index contributed by atoms with van der Waals surface area (Å²) >= 11 is 1.86. The number of ether oxygens (including phenoxy) is 1. The summed E-state index contributed by atoms with van der Waals surface area (Å²) in [6.07, 6.45) is 5.67. The van der Waals surface area contributed by atoms with Crippen LogP contribution in [0.2, 0.25) is 0 Å². The summed E-state index contributed by atoms with van der Waals surface area (Å²) in [5.41, 5.74) is 0.749. The van der Waals surface area contributed by atoms with Gasteiger partial charge >= 0.3 is 0 Å². The molecule has 1 aliphatic rings. The Morgan fingerprint density at radius 3 is 2.90 bits per heavy atom. The van der Waals surface area contributed by atoms with Crippen LogP contribution in [0.4, 0.5) is 10.2 Å². The molecule has 0 atom stereocenters. The number of rotatable bonds is 4. The van der Waals surface area contributed by atoms with E-state index < -0.39 is 0 Å². The zero-order valence-electron chi connectivity index (χ0n) is 11.9. The minimum atomic E-state index is -0.272. The Kier molecular flexibility index (Phi) is 4.26. The van der Waals surface area contributed by atoms with Gasteiger partial charge in [-0.1, -0.05) is 0 Å². The smallest absolute Gasteiger partial charge is 0.137 e. The second kappa shape index (κ2) is 6.15. The van der Waals surface area contributed by atoms with Gasteiger partial charge in [-0.15, -0.1) is 0 Å². The van der Waals surface area contributed by atoms with Crippen molar-refractivity contribution in [1.29, 1.82) is 0 Å². The van der Waals surface area contributed by atoms with E-state index in [0.717, 1.165) is 43.5 Å². The summed E-state index contributed by atoms with van der Waals surface area (Å²) in [6, 6.07) is 4.57. The number of hydrogen-bond donors (Lipinski definition) is 1. The topological polar surface area (TPSA) is 47.0 Å². The van der Waals surface area contributed by atoms with Crippen molar-refractivity contribution in [2.75, 3.05) is 31.3 Å². The van der Waals surface area contributed by atoms with Crippen LogP contribution in [0.25, 0.3) is 10.9 Å². The molecule has 1 aromatic carbocycles. The lowest BCUT2D eigenvalue weighted by Crippen LogP contribution is -2.39. The standard InChI is InChI=1S/C15H18FN3OS/c1-21-15(4-6-20-7-5-15)9-17-14-12-8-11(16)2-3-13(12)18-10-19-14/h2-3,8,10H,4-7,9H2,1H3,(H,17,18,19). The van der Waals surface area contributed by atoms with Gasteiger partial charge in [0.05, 0.1) is 5.52 Å². The first-order chi connectivity index (χ1) is 10.2. The van der Waals surface area contributed by atoms with Crippen LogP contribution in [0, 0.1) is 5.82 Å². The minimum Gasteiger partial charge on any atom is -0.381 e. The van der Waals surface area contributed by atoms with Gasteiger partial charge in [-0.3, -0.25) is 0 Å². The monoisotopic (exact) mass is 307 g/mol. The van der Waals surface area contributed by atoms with Crippen LogP contribution in [-0.4, -0.2) is 40.7 Å². The van der Waals surface area contributed by atoms with E-state index in [1.54, 1.807) is 6.07 Å². The molecule has 0 aliphatic carbocycles. The normalized spacial score (nSPS) is 17.8. The molecule has 1 N–H and O–H groups in total. The number of hydrogen-bond acceptors (Lipinski definition) is 5. The van der Waals surface area contributed by atoms with Gasteiger partial charge in [0.25, 0.3) is 0 Å². The lowest BCUT2D eigenvalue weighted by atomic mass is 9.99. The van der Waals surface area contributed by atoms with Gasteiger partial charge in [0.1, 0.15) is 18.0 Å². The molecule has 21 heavy (non-hydrogen) atoms. The summed E-state index contributed by atoms with van der Waals surface area (Å²) in [6.45, 7) is 2.38. The SMILES string of the molecule is CSC1(CNc2ncnc3ccc(F)cc23)CCOCC1. The van der Waals surface area contributed by atoms with Crippen LogP contribution in [0.1, 0.15) is 12.8 Å². The van der Waals surface area contributed by atoms with Gasteiger partial charge in [0, 0.05) is 29.9 Å². The molecule has 1 fully saturated rings. The summed E-state index contributed by atoms with van der Waals surface area (Å²) in [4.78, 5) is 8.44. The molecule has 1 saturated heterocycles. The van der Waals surface area contributed by atoms with Crippen molar-refractivity contribution in [3.63, 3.8) is 0 Å². The molecule has 0 spiro atoms. The Morgan fingerprint density at radius 2 is 2.14 bits per heavy atom. The first kappa shape index (κ1) is 14.5. The lowest BCUT2D eigenvalue weighted by Gasteiger charge is -2.35. The fourth-order valence-electron chi connectivity index (χ4n) is 2.61. The Balaban J connectivity index is 1.83. The van der Waals surface area contributed by atoms with Gasteiger partial charge in [-0.05, 0) is 37.3 Å².